The largest absolute Gasteiger partial charge is 0.289 e. The van der Waals surface area contributed by atoms with Crippen LogP contribution in [-0.2, 0) is 0 Å². The van der Waals surface area contributed by atoms with E-state index in [4.69, 9.17) is 11.6 Å². The van der Waals surface area contributed by atoms with Gasteiger partial charge in [-0.1, -0.05) is 11.6 Å². The lowest BCUT2D eigenvalue weighted by Crippen LogP contribution is -1.94. The first-order valence-electron chi connectivity index (χ1n) is 3.48. The minimum Gasteiger partial charge on any atom is -0.289 e. The van der Waals surface area contributed by atoms with Crippen LogP contribution < -0.4 is 0 Å². The minimum absolute atomic E-state index is 0.115. The molecule has 0 atom stereocenters. The average molecular weight is 182 g/mol. The van der Waals surface area contributed by atoms with E-state index < -0.39 is 0 Å². The molecule has 0 N–H and O–H groups in total. The van der Waals surface area contributed by atoms with Crippen molar-refractivity contribution < 1.29 is 4.79 Å². The molecule has 0 saturated heterocycles. The molecule has 2 nitrogen and oxygen atoms in total. The van der Waals surface area contributed by atoms with Crippen LogP contribution in [-0.4, -0.2) is 10.8 Å². The maximum atomic E-state index is 11.3. The molecule has 0 amide bonds. The number of hydrogen-bond donors (Lipinski definition) is 0. The van der Waals surface area contributed by atoms with Crippen LogP contribution in [0.25, 0.3) is 0 Å². The lowest BCUT2D eigenvalue weighted by molar-refractivity contribution is 0.104. The third kappa shape index (κ3) is 2.47. The molecule has 1 aromatic rings. The van der Waals surface area contributed by atoms with Crippen molar-refractivity contribution in [3.63, 3.8) is 0 Å². The van der Waals surface area contributed by atoms with Gasteiger partial charge < -0.3 is 0 Å². The molecule has 1 heterocycles. The summed E-state index contributed by atoms with van der Waals surface area (Å²) in [5.74, 6) is -0.115. The Hall–Kier alpha value is -1.15. The Morgan fingerprint density at radius 3 is 2.92 bits per heavy atom. The molecular weight excluding hydrogens is 174 g/mol. The SMILES string of the molecule is CC(Cl)=CC(=O)c1cccnc1. The fraction of sp³-hybridized carbons (Fsp3) is 0.111. The second-order valence-corrected chi connectivity index (χ2v) is 2.93. The summed E-state index contributed by atoms with van der Waals surface area (Å²) in [5.41, 5.74) is 0.553. The number of rotatable bonds is 2. The van der Waals surface area contributed by atoms with Crippen LogP contribution >= 0.6 is 11.6 Å². The molecule has 1 aromatic heterocycles. The highest BCUT2D eigenvalue weighted by Crippen LogP contribution is 2.04. The monoisotopic (exact) mass is 181 g/mol. The summed E-state index contributed by atoms with van der Waals surface area (Å²) in [6.45, 7) is 1.66. The highest BCUT2D eigenvalue weighted by Gasteiger charge is 2.00. The zero-order chi connectivity index (χ0) is 8.97. The van der Waals surface area contributed by atoms with Crippen molar-refractivity contribution in [2.24, 2.45) is 0 Å². The maximum Gasteiger partial charge on any atom is 0.188 e. The van der Waals surface area contributed by atoms with E-state index in [1.165, 1.54) is 12.3 Å². The lowest BCUT2D eigenvalue weighted by Gasteiger charge is -1.92. The van der Waals surface area contributed by atoms with E-state index in [0.717, 1.165) is 0 Å². The van der Waals surface area contributed by atoms with Gasteiger partial charge in [-0.25, -0.2) is 0 Å². The molecule has 0 aliphatic heterocycles. The molecule has 0 aliphatic carbocycles. The second-order valence-electron chi connectivity index (χ2n) is 2.34. The Bertz CT molecular complexity index is 302. The van der Waals surface area contributed by atoms with Gasteiger partial charge in [-0.15, -0.1) is 0 Å². The lowest BCUT2D eigenvalue weighted by atomic mass is 10.2. The van der Waals surface area contributed by atoms with Gasteiger partial charge in [0.15, 0.2) is 5.78 Å². The topological polar surface area (TPSA) is 30.0 Å². The molecule has 1 rings (SSSR count). The molecule has 0 bridgehead atoms. The quantitative estimate of drug-likeness (QED) is 0.518. The Morgan fingerprint density at radius 1 is 1.67 bits per heavy atom. The number of hydrogen-bond acceptors (Lipinski definition) is 2. The van der Waals surface area contributed by atoms with Gasteiger partial charge in [0.2, 0.25) is 0 Å². The van der Waals surface area contributed by atoms with E-state index in [0.29, 0.717) is 10.6 Å². The standard InChI is InChI=1S/C9H8ClNO/c1-7(10)5-9(12)8-3-2-4-11-6-8/h2-6H,1H3. The molecule has 12 heavy (non-hydrogen) atoms. The van der Waals surface area contributed by atoms with Crippen LogP contribution in [0, 0.1) is 0 Å². The number of carbonyl (C=O) groups is 1. The Kier molecular flexibility index (Phi) is 3.00. The second kappa shape index (κ2) is 4.02. The van der Waals surface area contributed by atoms with Gasteiger partial charge in [0.25, 0.3) is 0 Å². The van der Waals surface area contributed by atoms with E-state index in [9.17, 15) is 4.79 Å². The van der Waals surface area contributed by atoms with Crippen molar-refractivity contribution in [2.45, 2.75) is 6.92 Å². The first kappa shape index (κ1) is 8.94. The molecule has 0 radical (unpaired) electrons. The van der Waals surface area contributed by atoms with Gasteiger partial charge in [-0.05, 0) is 19.1 Å². The number of aromatic nitrogens is 1. The van der Waals surface area contributed by atoms with Crippen molar-refractivity contribution in [1.29, 1.82) is 0 Å². The number of allylic oxidation sites excluding steroid dienone is 2. The van der Waals surface area contributed by atoms with E-state index in [1.807, 2.05) is 0 Å². The number of ketones is 1. The van der Waals surface area contributed by atoms with Crippen LogP contribution in [0.1, 0.15) is 17.3 Å². The van der Waals surface area contributed by atoms with Crippen LogP contribution in [0.3, 0.4) is 0 Å². The number of pyridine rings is 1. The molecule has 3 heteroatoms. The van der Waals surface area contributed by atoms with Crippen molar-refractivity contribution >= 4 is 17.4 Å². The number of halogens is 1. The van der Waals surface area contributed by atoms with Crippen LogP contribution in [0.15, 0.2) is 35.6 Å². The van der Waals surface area contributed by atoms with Crippen molar-refractivity contribution in [1.82, 2.24) is 4.98 Å². The van der Waals surface area contributed by atoms with Crippen LogP contribution in [0.5, 0.6) is 0 Å². The van der Waals surface area contributed by atoms with Crippen molar-refractivity contribution in [3.8, 4) is 0 Å². The van der Waals surface area contributed by atoms with Crippen molar-refractivity contribution in [3.05, 3.63) is 41.2 Å². The minimum atomic E-state index is -0.115. The molecule has 0 fully saturated rings. The third-order valence-electron chi connectivity index (χ3n) is 1.28. The summed E-state index contributed by atoms with van der Waals surface area (Å²) >= 11 is 5.54. The molecule has 0 unspecified atom stereocenters. The predicted molar refractivity (Wildman–Crippen MR) is 48.2 cm³/mol. The molecule has 0 spiro atoms. The molecule has 62 valence electrons. The first-order chi connectivity index (χ1) is 5.70. The van der Waals surface area contributed by atoms with Crippen molar-refractivity contribution in [2.75, 3.05) is 0 Å². The Balaban J connectivity index is 2.87. The maximum absolute atomic E-state index is 11.3. The molecule has 0 saturated carbocycles. The highest BCUT2D eigenvalue weighted by molar-refractivity contribution is 6.31. The van der Waals surface area contributed by atoms with E-state index in [2.05, 4.69) is 4.98 Å². The number of carbonyl (C=O) groups excluding carboxylic acids is 1. The third-order valence-corrected chi connectivity index (χ3v) is 1.39. The summed E-state index contributed by atoms with van der Waals surface area (Å²) in [7, 11) is 0. The fourth-order valence-corrected chi connectivity index (χ4v) is 0.872. The normalized spacial score (nSPS) is 11.3. The van der Waals surface area contributed by atoms with E-state index in [-0.39, 0.29) is 5.78 Å². The summed E-state index contributed by atoms with van der Waals surface area (Å²) < 4.78 is 0. The van der Waals surface area contributed by atoms with Crippen LogP contribution in [0.4, 0.5) is 0 Å². The van der Waals surface area contributed by atoms with Crippen LogP contribution in [0.2, 0.25) is 0 Å². The summed E-state index contributed by atoms with van der Waals surface area (Å²) in [6.07, 6.45) is 4.51. The molecule has 0 aliphatic rings. The fourth-order valence-electron chi connectivity index (χ4n) is 0.772. The zero-order valence-electron chi connectivity index (χ0n) is 6.62. The smallest absolute Gasteiger partial charge is 0.188 e. The average Bonchev–Trinajstić information content (AvgIpc) is 2.05. The van der Waals surface area contributed by atoms with Gasteiger partial charge >= 0.3 is 0 Å². The molecular formula is C9H8ClNO. The number of nitrogens with zero attached hydrogens (tertiary/aromatic N) is 1. The Morgan fingerprint density at radius 2 is 2.42 bits per heavy atom. The van der Waals surface area contributed by atoms with Gasteiger partial charge in [-0.2, -0.15) is 0 Å². The first-order valence-corrected chi connectivity index (χ1v) is 3.86. The van der Waals surface area contributed by atoms with E-state index >= 15 is 0 Å². The van der Waals surface area contributed by atoms with Gasteiger partial charge in [0.1, 0.15) is 0 Å². The summed E-state index contributed by atoms with van der Waals surface area (Å²) in [5, 5.41) is 0.476. The van der Waals surface area contributed by atoms with Gasteiger partial charge in [0, 0.05) is 29.1 Å². The zero-order valence-corrected chi connectivity index (χ0v) is 7.38. The van der Waals surface area contributed by atoms with Gasteiger partial charge in [0.05, 0.1) is 0 Å². The van der Waals surface area contributed by atoms with E-state index in [1.54, 1.807) is 25.3 Å². The summed E-state index contributed by atoms with van der Waals surface area (Å²) in [6, 6.07) is 3.41. The summed E-state index contributed by atoms with van der Waals surface area (Å²) in [4.78, 5) is 15.1. The Labute approximate surface area is 75.9 Å². The predicted octanol–water partition coefficient (Wildman–Crippen LogP) is 2.41. The molecule has 0 aromatic carbocycles. The highest BCUT2D eigenvalue weighted by atomic mass is 35.5. The van der Waals surface area contributed by atoms with Gasteiger partial charge in [-0.3, -0.25) is 9.78 Å².